The van der Waals surface area contributed by atoms with Crippen LogP contribution in [0, 0.1) is 17.7 Å². The predicted molar refractivity (Wildman–Crippen MR) is 89.1 cm³/mol. The summed E-state index contributed by atoms with van der Waals surface area (Å²) in [4.78, 5) is 0. The van der Waals surface area contributed by atoms with Crippen LogP contribution in [0.4, 0.5) is 4.39 Å². The van der Waals surface area contributed by atoms with E-state index in [1.165, 1.54) is 11.6 Å². The number of halogens is 2. The van der Waals surface area contributed by atoms with Gasteiger partial charge in [0, 0.05) is 17.5 Å². The van der Waals surface area contributed by atoms with Crippen molar-refractivity contribution in [3.8, 4) is 11.5 Å². The van der Waals surface area contributed by atoms with Crippen molar-refractivity contribution in [2.24, 2.45) is 11.8 Å². The van der Waals surface area contributed by atoms with Crippen LogP contribution >= 0.6 is 11.6 Å². The van der Waals surface area contributed by atoms with E-state index >= 15 is 0 Å². The molecule has 124 valence electrons. The standard InChI is InChI=1S/C19H17ClFNO2/c1-19(14-6-5-10(20)7-15(14)21)23-16-4-2-3-11(18(16)24-19)17-12-8-22-9-13(12)17/h2-7,12-13,17,22H,8-9H2,1H3. The van der Waals surface area contributed by atoms with Crippen molar-refractivity contribution in [2.75, 3.05) is 13.1 Å². The highest BCUT2D eigenvalue weighted by atomic mass is 35.5. The van der Waals surface area contributed by atoms with Crippen LogP contribution in [0.3, 0.4) is 0 Å². The summed E-state index contributed by atoms with van der Waals surface area (Å²) in [5.74, 6) is 1.72. The molecule has 2 aromatic carbocycles. The SMILES string of the molecule is CC1(c2ccc(Cl)cc2F)Oc2cccc(C3C4CNCC43)c2O1. The minimum absolute atomic E-state index is 0.353. The van der Waals surface area contributed by atoms with E-state index in [1.54, 1.807) is 19.1 Å². The molecule has 5 heteroatoms. The van der Waals surface area contributed by atoms with Crippen LogP contribution in [0.15, 0.2) is 36.4 Å². The van der Waals surface area contributed by atoms with Gasteiger partial charge in [-0.1, -0.05) is 23.7 Å². The van der Waals surface area contributed by atoms with Gasteiger partial charge < -0.3 is 14.8 Å². The van der Waals surface area contributed by atoms with Gasteiger partial charge in [-0.15, -0.1) is 0 Å². The van der Waals surface area contributed by atoms with E-state index in [2.05, 4.69) is 11.4 Å². The predicted octanol–water partition coefficient (Wildman–Crippen LogP) is 4.06. The number of rotatable bonds is 2. The quantitative estimate of drug-likeness (QED) is 0.890. The molecule has 1 saturated heterocycles. The summed E-state index contributed by atoms with van der Waals surface area (Å²) in [6.45, 7) is 3.87. The zero-order chi connectivity index (χ0) is 16.5. The zero-order valence-electron chi connectivity index (χ0n) is 13.2. The summed E-state index contributed by atoms with van der Waals surface area (Å²) >= 11 is 5.86. The largest absolute Gasteiger partial charge is 0.444 e. The topological polar surface area (TPSA) is 30.5 Å². The molecule has 3 nitrogen and oxygen atoms in total. The fourth-order valence-electron chi connectivity index (χ4n) is 4.26. The van der Waals surface area contributed by atoms with Gasteiger partial charge in [0.05, 0.1) is 5.56 Å². The van der Waals surface area contributed by atoms with Crippen molar-refractivity contribution >= 4 is 11.6 Å². The Bertz CT molecular complexity index is 832. The zero-order valence-corrected chi connectivity index (χ0v) is 13.9. The summed E-state index contributed by atoms with van der Waals surface area (Å²) in [5, 5.41) is 3.77. The van der Waals surface area contributed by atoms with Gasteiger partial charge in [0.15, 0.2) is 11.5 Å². The van der Waals surface area contributed by atoms with E-state index in [9.17, 15) is 4.39 Å². The molecule has 0 amide bonds. The molecule has 2 aliphatic heterocycles. The van der Waals surface area contributed by atoms with Gasteiger partial charge >= 0.3 is 0 Å². The molecular formula is C19H17ClFNO2. The van der Waals surface area contributed by atoms with Gasteiger partial charge in [0.1, 0.15) is 5.82 Å². The van der Waals surface area contributed by atoms with E-state index in [0.717, 1.165) is 18.8 Å². The fraction of sp³-hybridized carbons (Fsp3) is 0.368. The Morgan fingerprint density at radius 2 is 1.96 bits per heavy atom. The Morgan fingerprint density at radius 3 is 2.71 bits per heavy atom. The van der Waals surface area contributed by atoms with Crippen LogP contribution < -0.4 is 14.8 Å². The molecule has 5 rings (SSSR count). The lowest BCUT2D eigenvalue weighted by Crippen LogP contribution is -2.32. The highest BCUT2D eigenvalue weighted by Gasteiger charge is 2.55. The molecule has 3 unspecified atom stereocenters. The summed E-state index contributed by atoms with van der Waals surface area (Å²) in [7, 11) is 0. The molecule has 0 spiro atoms. The molecule has 0 bridgehead atoms. The maximum absolute atomic E-state index is 14.4. The molecule has 2 fully saturated rings. The second kappa shape index (κ2) is 4.87. The Balaban J connectivity index is 1.52. The van der Waals surface area contributed by atoms with Gasteiger partial charge in [-0.25, -0.2) is 4.39 Å². The second-order valence-electron chi connectivity index (χ2n) is 6.96. The van der Waals surface area contributed by atoms with Crippen molar-refractivity contribution in [1.82, 2.24) is 5.32 Å². The smallest absolute Gasteiger partial charge is 0.278 e. The highest BCUT2D eigenvalue weighted by molar-refractivity contribution is 6.30. The van der Waals surface area contributed by atoms with Crippen molar-refractivity contribution in [3.63, 3.8) is 0 Å². The minimum atomic E-state index is -1.17. The first-order valence-electron chi connectivity index (χ1n) is 8.24. The lowest BCUT2D eigenvalue weighted by Gasteiger charge is -2.24. The third kappa shape index (κ3) is 1.99. The van der Waals surface area contributed by atoms with Gasteiger partial charge in [0.2, 0.25) is 0 Å². The Morgan fingerprint density at radius 1 is 1.17 bits per heavy atom. The molecule has 3 aliphatic rings. The van der Waals surface area contributed by atoms with Gasteiger partial charge in [-0.3, -0.25) is 0 Å². The van der Waals surface area contributed by atoms with E-state index in [0.29, 0.717) is 34.1 Å². The number of piperidine rings is 1. The molecule has 0 aromatic heterocycles. The summed E-state index contributed by atoms with van der Waals surface area (Å²) in [6.07, 6.45) is 0. The number of para-hydroxylation sites is 1. The number of nitrogens with one attached hydrogen (secondary N) is 1. The number of hydrogen-bond acceptors (Lipinski definition) is 3. The molecule has 0 radical (unpaired) electrons. The number of fused-ring (bicyclic) bond motifs is 2. The molecule has 1 saturated carbocycles. The maximum Gasteiger partial charge on any atom is 0.278 e. The Labute approximate surface area is 144 Å². The molecule has 1 aliphatic carbocycles. The van der Waals surface area contributed by atoms with Crippen LogP contribution in [-0.2, 0) is 5.79 Å². The normalized spacial score (nSPS) is 32.7. The lowest BCUT2D eigenvalue weighted by molar-refractivity contribution is -0.0710. The molecule has 2 aromatic rings. The van der Waals surface area contributed by atoms with Crippen molar-refractivity contribution < 1.29 is 13.9 Å². The van der Waals surface area contributed by atoms with Gasteiger partial charge in [0.25, 0.3) is 5.79 Å². The van der Waals surface area contributed by atoms with E-state index in [4.69, 9.17) is 21.1 Å². The fourth-order valence-corrected chi connectivity index (χ4v) is 4.42. The summed E-state index contributed by atoms with van der Waals surface area (Å²) in [5.41, 5.74) is 1.54. The van der Waals surface area contributed by atoms with Gasteiger partial charge in [-0.2, -0.15) is 0 Å². The van der Waals surface area contributed by atoms with E-state index in [-0.39, 0.29) is 0 Å². The van der Waals surface area contributed by atoms with Crippen LogP contribution in [0.5, 0.6) is 11.5 Å². The van der Waals surface area contributed by atoms with E-state index < -0.39 is 11.6 Å². The number of benzene rings is 2. The first-order chi connectivity index (χ1) is 11.6. The molecule has 1 N–H and O–H groups in total. The Kier molecular flexibility index (Phi) is 2.95. The third-order valence-corrected chi connectivity index (χ3v) is 5.72. The van der Waals surface area contributed by atoms with Gasteiger partial charge in [-0.05, 0) is 55.1 Å². The average Bonchev–Trinajstić information content (AvgIpc) is 2.89. The van der Waals surface area contributed by atoms with E-state index in [1.807, 2.05) is 12.1 Å². The maximum atomic E-state index is 14.4. The van der Waals surface area contributed by atoms with Crippen molar-refractivity contribution in [2.45, 2.75) is 18.6 Å². The first kappa shape index (κ1) is 14.6. The first-order valence-corrected chi connectivity index (χ1v) is 8.62. The summed E-state index contributed by atoms with van der Waals surface area (Å²) < 4.78 is 26.6. The van der Waals surface area contributed by atoms with Crippen LogP contribution in [0.25, 0.3) is 0 Å². The van der Waals surface area contributed by atoms with Crippen LogP contribution in [0.2, 0.25) is 5.02 Å². The minimum Gasteiger partial charge on any atom is -0.444 e. The summed E-state index contributed by atoms with van der Waals surface area (Å²) in [6, 6.07) is 10.5. The molecule has 2 heterocycles. The second-order valence-corrected chi connectivity index (χ2v) is 7.40. The molecule has 24 heavy (non-hydrogen) atoms. The average molecular weight is 346 g/mol. The number of hydrogen-bond donors (Lipinski definition) is 1. The van der Waals surface area contributed by atoms with Crippen molar-refractivity contribution in [3.05, 3.63) is 58.4 Å². The van der Waals surface area contributed by atoms with Crippen LogP contribution in [-0.4, -0.2) is 13.1 Å². The number of ether oxygens (including phenoxy) is 2. The lowest BCUT2D eigenvalue weighted by atomic mass is 10.1. The monoisotopic (exact) mass is 345 g/mol. The molecular weight excluding hydrogens is 329 g/mol. The third-order valence-electron chi connectivity index (χ3n) is 5.48. The molecule has 3 atom stereocenters. The highest BCUT2D eigenvalue weighted by Crippen LogP contribution is 2.60. The van der Waals surface area contributed by atoms with Crippen LogP contribution in [0.1, 0.15) is 24.0 Å². The Hall–Kier alpha value is -1.78. The van der Waals surface area contributed by atoms with Crippen molar-refractivity contribution in [1.29, 1.82) is 0 Å².